The number of sulfonamides is 2. The van der Waals surface area contributed by atoms with Crippen LogP contribution in [-0.2, 0) is 20.0 Å². The summed E-state index contributed by atoms with van der Waals surface area (Å²) in [7, 11) is -7.65. The predicted octanol–water partition coefficient (Wildman–Crippen LogP) is 1.77. The monoisotopic (exact) mass is 494 g/mol. The third-order valence-corrected chi connectivity index (χ3v) is 7.50. The standard InChI is InChI=1S/C20H26N6O5S2/c1-12(2)7-9-25-13(3)17(19(27)26-10-8-21-20(25)26)18-22-15-6-5-14(23-32(4,28)29)11-16(15)33(30,31)24-18/h5-6,8,10-13,22-24H,7,9H2,1-4H3/b18-17-. The van der Waals surface area contributed by atoms with E-state index in [0.717, 1.165) is 12.7 Å². The van der Waals surface area contributed by atoms with Crippen molar-refractivity contribution in [1.29, 1.82) is 0 Å². The minimum Gasteiger partial charge on any atom is -0.340 e. The van der Waals surface area contributed by atoms with Gasteiger partial charge in [0.15, 0.2) is 0 Å². The van der Waals surface area contributed by atoms with Gasteiger partial charge in [0.05, 0.1) is 23.6 Å². The number of benzene rings is 1. The van der Waals surface area contributed by atoms with Gasteiger partial charge in [-0.3, -0.25) is 18.8 Å². The van der Waals surface area contributed by atoms with Crippen LogP contribution in [0.25, 0.3) is 0 Å². The normalized spacial score (nSPS) is 21.8. The van der Waals surface area contributed by atoms with Crippen LogP contribution in [0, 0.1) is 5.92 Å². The van der Waals surface area contributed by atoms with Gasteiger partial charge in [0, 0.05) is 24.6 Å². The number of nitrogens with one attached hydrogen (secondary N) is 3. The smallest absolute Gasteiger partial charge is 0.266 e. The Labute approximate surface area is 193 Å². The molecule has 0 radical (unpaired) electrons. The highest BCUT2D eigenvalue weighted by Gasteiger charge is 2.39. The fraction of sp³-hybridized carbons (Fsp3) is 0.400. The first kappa shape index (κ1) is 23.1. The molecule has 3 N–H and O–H groups in total. The van der Waals surface area contributed by atoms with Crippen molar-refractivity contribution in [3.8, 4) is 0 Å². The number of aromatic nitrogens is 2. The zero-order valence-corrected chi connectivity index (χ0v) is 20.3. The lowest BCUT2D eigenvalue weighted by atomic mass is 10.0. The molecule has 0 fully saturated rings. The van der Waals surface area contributed by atoms with E-state index < -0.39 is 26.1 Å². The molecule has 1 atom stereocenters. The molecule has 2 aliphatic heterocycles. The molecule has 0 spiro atoms. The summed E-state index contributed by atoms with van der Waals surface area (Å²) in [6.07, 6.45) is 4.94. The van der Waals surface area contributed by atoms with Crippen LogP contribution < -0.4 is 19.7 Å². The number of anilines is 3. The van der Waals surface area contributed by atoms with E-state index in [1.807, 2.05) is 11.8 Å². The summed E-state index contributed by atoms with van der Waals surface area (Å²) in [5.74, 6) is 0.646. The van der Waals surface area contributed by atoms with Crippen LogP contribution in [0.3, 0.4) is 0 Å². The van der Waals surface area contributed by atoms with E-state index in [1.54, 1.807) is 12.4 Å². The number of imidazole rings is 1. The molecule has 3 heterocycles. The van der Waals surface area contributed by atoms with Crippen LogP contribution in [0.15, 0.2) is 46.9 Å². The highest BCUT2D eigenvalue weighted by molar-refractivity contribution is 7.92. The van der Waals surface area contributed by atoms with Crippen molar-refractivity contribution in [3.05, 3.63) is 42.0 Å². The number of carbonyl (C=O) groups excluding carboxylic acids is 1. The van der Waals surface area contributed by atoms with E-state index >= 15 is 0 Å². The number of carbonyl (C=O) groups is 1. The molecule has 11 nitrogen and oxygen atoms in total. The molecule has 13 heteroatoms. The Hall–Kier alpha value is -3.06. The largest absolute Gasteiger partial charge is 0.340 e. The summed E-state index contributed by atoms with van der Waals surface area (Å²) < 4.78 is 55.3. The van der Waals surface area contributed by atoms with Gasteiger partial charge in [0.25, 0.3) is 15.9 Å². The zero-order chi connectivity index (χ0) is 24.1. The first-order valence-electron chi connectivity index (χ1n) is 10.4. The fourth-order valence-electron chi connectivity index (χ4n) is 3.91. The first-order chi connectivity index (χ1) is 15.4. The molecule has 1 aromatic carbocycles. The number of fused-ring (bicyclic) bond motifs is 2. The molecular formula is C20H26N6O5S2. The van der Waals surface area contributed by atoms with Crippen LogP contribution in [-0.4, -0.2) is 51.1 Å². The van der Waals surface area contributed by atoms with Gasteiger partial charge in [-0.1, -0.05) is 13.8 Å². The maximum Gasteiger partial charge on any atom is 0.266 e. The van der Waals surface area contributed by atoms with Crippen LogP contribution in [0.1, 0.15) is 32.0 Å². The van der Waals surface area contributed by atoms with Crippen molar-refractivity contribution in [1.82, 2.24) is 14.3 Å². The Balaban J connectivity index is 1.78. The van der Waals surface area contributed by atoms with Crippen molar-refractivity contribution in [2.24, 2.45) is 5.92 Å². The van der Waals surface area contributed by atoms with E-state index in [4.69, 9.17) is 0 Å². The van der Waals surface area contributed by atoms with Crippen LogP contribution in [0.5, 0.6) is 0 Å². The number of nitrogens with zero attached hydrogens (tertiary/aromatic N) is 3. The summed E-state index contributed by atoms with van der Waals surface area (Å²) in [6, 6.07) is 3.69. The average Bonchev–Trinajstić information content (AvgIpc) is 3.16. The quantitative estimate of drug-likeness (QED) is 0.534. The van der Waals surface area contributed by atoms with E-state index in [9.17, 15) is 21.6 Å². The van der Waals surface area contributed by atoms with E-state index in [2.05, 4.69) is 33.6 Å². The minimum absolute atomic E-state index is 0.0673. The Bertz CT molecular complexity index is 1360. The number of hydrogen-bond donors (Lipinski definition) is 3. The van der Waals surface area contributed by atoms with E-state index in [0.29, 0.717) is 18.4 Å². The van der Waals surface area contributed by atoms with Gasteiger partial charge >= 0.3 is 0 Å². The van der Waals surface area contributed by atoms with Crippen LogP contribution in [0.4, 0.5) is 17.3 Å². The lowest BCUT2D eigenvalue weighted by Gasteiger charge is -2.38. The zero-order valence-electron chi connectivity index (χ0n) is 18.7. The second-order valence-electron chi connectivity index (χ2n) is 8.56. The Morgan fingerprint density at radius 3 is 2.67 bits per heavy atom. The van der Waals surface area contributed by atoms with Crippen LogP contribution in [0.2, 0.25) is 0 Å². The Kier molecular flexibility index (Phi) is 5.65. The molecule has 0 aliphatic carbocycles. The van der Waals surface area contributed by atoms with E-state index in [-0.39, 0.29) is 33.6 Å². The summed E-state index contributed by atoms with van der Waals surface area (Å²) in [5, 5.41) is 3.01. The summed E-state index contributed by atoms with van der Waals surface area (Å²) in [6.45, 7) is 6.69. The predicted molar refractivity (Wildman–Crippen MR) is 125 cm³/mol. The molecule has 0 amide bonds. The Morgan fingerprint density at radius 2 is 2.00 bits per heavy atom. The van der Waals surface area contributed by atoms with Crippen molar-refractivity contribution < 1.29 is 21.6 Å². The third kappa shape index (κ3) is 4.42. The van der Waals surface area contributed by atoms with Crippen molar-refractivity contribution in [2.45, 2.75) is 38.1 Å². The summed E-state index contributed by atoms with van der Waals surface area (Å²) >= 11 is 0. The SMILES string of the molecule is CC(C)CCN1c2nccn2C(=O)/C(=C2/Nc3ccc(NS(C)(=O)=O)cc3S(=O)(=O)N2)C1C. The van der Waals surface area contributed by atoms with Gasteiger partial charge in [-0.25, -0.2) is 21.8 Å². The van der Waals surface area contributed by atoms with Crippen molar-refractivity contribution in [2.75, 3.05) is 27.7 Å². The molecule has 4 rings (SSSR count). The topological polar surface area (TPSA) is 142 Å². The fourth-order valence-corrected chi connectivity index (χ4v) is 5.69. The minimum atomic E-state index is -4.07. The molecule has 1 unspecified atom stereocenters. The lowest BCUT2D eigenvalue weighted by molar-refractivity contribution is 0.0939. The van der Waals surface area contributed by atoms with E-state index in [1.165, 1.54) is 22.8 Å². The maximum absolute atomic E-state index is 13.3. The molecule has 178 valence electrons. The maximum atomic E-state index is 13.3. The highest BCUT2D eigenvalue weighted by atomic mass is 32.2. The molecule has 2 aromatic rings. The van der Waals surface area contributed by atoms with Gasteiger partial charge in [-0.15, -0.1) is 0 Å². The average molecular weight is 495 g/mol. The van der Waals surface area contributed by atoms with Crippen molar-refractivity contribution in [3.63, 3.8) is 0 Å². The second kappa shape index (κ2) is 8.06. The summed E-state index contributed by atoms with van der Waals surface area (Å²) in [4.78, 5) is 19.5. The molecule has 33 heavy (non-hydrogen) atoms. The molecule has 0 bridgehead atoms. The molecule has 0 saturated carbocycles. The van der Waals surface area contributed by atoms with Gasteiger partial charge in [-0.2, -0.15) is 0 Å². The van der Waals surface area contributed by atoms with Crippen LogP contribution >= 0.6 is 0 Å². The molecule has 1 aromatic heterocycles. The first-order valence-corrected chi connectivity index (χ1v) is 13.8. The molecular weight excluding hydrogens is 468 g/mol. The third-order valence-electron chi connectivity index (χ3n) is 5.50. The lowest BCUT2D eigenvalue weighted by Crippen LogP contribution is -2.48. The molecule has 0 saturated heterocycles. The van der Waals surface area contributed by atoms with Gasteiger partial charge < -0.3 is 10.2 Å². The summed E-state index contributed by atoms with van der Waals surface area (Å²) in [5.41, 5.74) is 0.613. The van der Waals surface area contributed by atoms with Gasteiger partial charge in [0.1, 0.15) is 10.7 Å². The second-order valence-corrected chi connectivity index (χ2v) is 12.0. The van der Waals surface area contributed by atoms with Crippen molar-refractivity contribution >= 4 is 43.3 Å². The number of hydrogen-bond acceptors (Lipinski definition) is 8. The molecule has 2 aliphatic rings. The Morgan fingerprint density at radius 1 is 1.27 bits per heavy atom. The highest BCUT2D eigenvalue weighted by Crippen LogP contribution is 2.34. The number of rotatable bonds is 5. The van der Waals surface area contributed by atoms with Gasteiger partial charge in [0.2, 0.25) is 16.0 Å². The van der Waals surface area contributed by atoms with Gasteiger partial charge in [-0.05, 0) is 37.5 Å².